The lowest BCUT2D eigenvalue weighted by Crippen LogP contribution is -1.98. The smallest absolute Gasteiger partial charge is 0.143 e. The first-order valence-corrected chi connectivity index (χ1v) is 9.73. The fourth-order valence-corrected chi connectivity index (χ4v) is 4.08. The minimum atomic E-state index is 0.628. The van der Waals surface area contributed by atoms with E-state index in [2.05, 4.69) is 52.7 Å². The maximum Gasteiger partial charge on any atom is 0.143 e. The second-order valence-corrected chi connectivity index (χ2v) is 7.61. The summed E-state index contributed by atoms with van der Waals surface area (Å²) in [5.74, 6) is 1.43. The van der Waals surface area contributed by atoms with Gasteiger partial charge in [-0.05, 0) is 48.7 Å². The molecule has 0 bridgehead atoms. The molecule has 0 atom stereocenters. The van der Waals surface area contributed by atoms with Crippen molar-refractivity contribution in [3.8, 4) is 16.9 Å². The fourth-order valence-electron chi connectivity index (χ4n) is 3.00. The summed E-state index contributed by atoms with van der Waals surface area (Å²) >= 11 is 7.78. The highest BCUT2D eigenvalue weighted by Crippen LogP contribution is 2.39. The minimum absolute atomic E-state index is 0.628. The van der Waals surface area contributed by atoms with Crippen LogP contribution in [0.4, 0.5) is 11.5 Å². The fraction of sp³-hybridized carbons (Fsp3) is 0.143. The van der Waals surface area contributed by atoms with Gasteiger partial charge in [-0.1, -0.05) is 29.8 Å². The Morgan fingerprint density at radius 2 is 1.89 bits per heavy atom. The Labute approximate surface area is 166 Å². The molecular formula is C21H18ClN3OS. The molecule has 0 radical (unpaired) electrons. The number of fused-ring (bicyclic) bond motifs is 1. The lowest BCUT2D eigenvalue weighted by molar-refractivity contribution is 0.417. The van der Waals surface area contributed by atoms with Crippen LogP contribution in [0.2, 0.25) is 5.02 Å². The number of nitrogens with zero attached hydrogens (tertiary/aromatic N) is 2. The number of nitrogens with one attached hydrogen (secondary N) is 1. The second kappa shape index (κ2) is 7.18. The van der Waals surface area contributed by atoms with Gasteiger partial charge in [0.2, 0.25) is 0 Å². The minimum Gasteiger partial charge on any atom is -0.495 e. The van der Waals surface area contributed by atoms with Crippen LogP contribution in [0.15, 0.2) is 48.1 Å². The molecule has 4 nitrogen and oxygen atoms in total. The summed E-state index contributed by atoms with van der Waals surface area (Å²) in [5.41, 5.74) is 5.57. The maximum absolute atomic E-state index is 6.17. The molecule has 0 amide bonds. The van der Waals surface area contributed by atoms with Crippen LogP contribution >= 0.6 is 22.9 Å². The predicted molar refractivity (Wildman–Crippen MR) is 114 cm³/mol. The van der Waals surface area contributed by atoms with Gasteiger partial charge < -0.3 is 10.1 Å². The number of benzene rings is 2. The van der Waals surface area contributed by atoms with Gasteiger partial charge in [0.05, 0.1) is 18.2 Å². The Morgan fingerprint density at radius 1 is 1.04 bits per heavy atom. The summed E-state index contributed by atoms with van der Waals surface area (Å²) < 4.78 is 5.45. The molecule has 0 aliphatic rings. The maximum atomic E-state index is 6.17. The van der Waals surface area contributed by atoms with Gasteiger partial charge in [-0.3, -0.25) is 0 Å². The summed E-state index contributed by atoms with van der Waals surface area (Å²) in [6, 6.07) is 11.9. The van der Waals surface area contributed by atoms with Gasteiger partial charge >= 0.3 is 0 Å². The first-order chi connectivity index (χ1) is 13.1. The van der Waals surface area contributed by atoms with Crippen LogP contribution in [0, 0.1) is 13.8 Å². The van der Waals surface area contributed by atoms with Gasteiger partial charge in [0.1, 0.15) is 22.7 Å². The third-order valence-corrected chi connectivity index (χ3v) is 5.72. The number of aromatic nitrogens is 2. The Kier molecular flexibility index (Phi) is 4.72. The molecule has 27 heavy (non-hydrogen) atoms. The number of hydrogen-bond donors (Lipinski definition) is 1. The lowest BCUT2D eigenvalue weighted by Gasteiger charge is -2.12. The Balaban J connectivity index is 1.86. The predicted octanol–water partition coefficient (Wildman–Crippen LogP) is 6.38. The first kappa shape index (κ1) is 17.8. The van der Waals surface area contributed by atoms with Crippen molar-refractivity contribution in [2.45, 2.75) is 13.8 Å². The Bertz CT molecular complexity index is 1140. The third-order valence-electron chi connectivity index (χ3n) is 4.60. The van der Waals surface area contributed by atoms with Crippen molar-refractivity contribution < 1.29 is 4.74 Å². The molecule has 0 unspecified atom stereocenters. The van der Waals surface area contributed by atoms with E-state index in [1.807, 2.05) is 12.1 Å². The number of rotatable bonds is 4. The first-order valence-electron chi connectivity index (χ1n) is 8.47. The van der Waals surface area contributed by atoms with Gasteiger partial charge in [0, 0.05) is 16.0 Å². The van der Waals surface area contributed by atoms with Crippen LogP contribution in [0.25, 0.3) is 21.3 Å². The van der Waals surface area contributed by atoms with Crippen molar-refractivity contribution in [1.82, 2.24) is 9.97 Å². The zero-order valence-electron chi connectivity index (χ0n) is 15.2. The molecule has 0 fully saturated rings. The van der Waals surface area contributed by atoms with Crippen molar-refractivity contribution >= 4 is 44.7 Å². The van der Waals surface area contributed by atoms with E-state index >= 15 is 0 Å². The van der Waals surface area contributed by atoms with Gasteiger partial charge in [-0.15, -0.1) is 11.3 Å². The average molecular weight is 396 g/mol. The number of anilines is 2. The van der Waals surface area contributed by atoms with E-state index in [1.54, 1.807) is 30.8 Å². The molecule has 0 saturated carbocycles. The van der Waals surface area contributed by atoms with E-state index in [4.69, 9.17) is 16.3 Å². The summed E-state index contributed by atoms with van der Waals surface area (Å²) in [4.78, 5) is 9.86. The van der Waals surface area contributed by atoms with E-state index < -0.39 is 0 Å². The number of hydrogen-bond acceptors (Lipinski definition) is 5. The van der Waals surface area contributed by atoms with Crippen molar-refractivity contribution in [2.75, 3.05) is 12.4 Å². The molecular weight excluding hydrogens is 378 g/mol. The molecule has 4 rings (SSSR count). The quantitative estimate of drug-likeness (QED) is 0.435. The average Bonchev–Trinajstić information content (AvgIpc) is 3.09. The Morgan fingerprint density at radius 3 is 2.67 bits per heavy atom. The number of ether oxygens (including phenoxy) is 1. The van der Waals surface area contributed by atoms with Crippen LogP contribution < -0.4 is 10.1 Å². The molecule has 0 aliphatic carbocycles. The zero-order chi connectivity index (χ0) is 19.0. The van der Waals surface area contributed by atoms with E-state index in [9.17, 15) is 0 Å². The monoisotopic (exact) mass is 395 g/mol. The summed E-state index contributed by atoms with van der Waals surface area (Å²) in [5, 5.41) is 7.13. The van der Waals surface area contributed by atoms with Crippen LogP contribution in [0.1, 0.15) is 11.1 Å². The van der Waals surface area contributed by atoms with E-state index in [1.165, 1.54) is 11.1 Å². The van der Waals surface area contributed by atoms with Gasteiger partial charge in [0.15, 0.2) is 0 Å². The molecule has 2 aromatic heterocycles. The number of halogens is 1. The Hall–Kier alpha value is -2.63. The van der Waals surface area contributed by atoms with Crippen molar-refractivity contribution in [1.29, 1.82) is 0 Å². The molecule has 6 heteroatoms. The third kappa shape index (κ3) is 3.36. The molecule has 0 aliphatic heterocycles. The van der Waals surface area contributed by atoms with E-state index in [-0.39, 0.29) is 0 Å². The summed E-state index contributed by atoms with van der Waals surface area (Å²) in [6.07, 6.45) is 1.57. The van der Waals surface area contributed by atoms with Gasteiger partial charge in [0.25, 0.3) is 0 Å². The SMILES string of the molecule is COc1ccc(Cl)cc1Nc1ncnc2scc(-c3ccc(C)c(C)c3)c12. The molecule has 136 valence electrons. The molecule has 2 aromatic carbocycles. The summed E-state index contributed by atoms with van der Waals surface area (Å²) in [7, 11) is 1.63. The molecule has 0 saturated heterocycles. The molecule has 4 aromatic rings. The van der Waals surface area contributed by atoms with Crippen LogP contribution in [-0.2, 0) is 0 Å². The lowest BCUT2D eigenvalue weighted by atomic mass is 10.0. The van der Waals surface area contributed by atoms with E-state index in [0.717, 1.165) is 32.8 Å². The largest absolute Gasteiger partial charge is 0.495 e. The van der Waals surface area contributed by atoms with Crippen LogP contribution in [0.3, 0.4) is 0 Å². The topological polar surface area (TPSA) is 47.0 Å². The van der Waals surface area contributed by atoms with Crippen molar-refractivity contribution in [3.63, 3.8) is 0 Å². The molecule has 1 N–H and O–H groups in total. The number of aryl methyl sites for hydroxylation is 2. The van der Waals surface area contributed by atoms with E-state index in [0.29, 0.717) is 10.8 Å². The van der Waals surface area contributed by atoms with Crippen LogP contribution in [0.5, 0.6) is 5.75 Å². The molecule has 2 heterocycles. The second-order valence-electron chi connectivity index (χ2n) is 6.32. The molecule has 0 spiro atoms. The van der Waals surface area contributed by atoms with Crippen LogP contribution in [-0.4, -0.2) is 17.1 Å². The normalized spacial score (nSPS) is 11.0. The van der Waals surface area contributed by atoms with Gasteiger partial charge in [-0.2, -0.15) is 0 Å². The highest BCUT2D eigenvalue weighted by Gasteiger charge is 2.15. The number of methoxy groups -OCH3 is 1. The standard InChI is InChI=1S/C21H18ClN3OS/c1-12-4-5-14(8-13(12)2)16-10-27-21-19(16)20(23-11-24-21)25-17-9-15(22)6-7-18(17)26-3/h4-11H,1-3H3,(H,23,24,25). The highest BCUT2D eigenvalue weighted by atomic mass is 35.5. The van der Waals surface area contributed by atoms with Crippen molar-refractivity contribution in [2.24, 2.45) is 0 Å². The zero-order valence-corrected chi connectivity index (χ0v) is 16.8. The highest BCUT2D eigenvalue weighted by molar-refractivity contribution is 7.17. The van der Waals surface area contributed by atoms with Crippen molar-refractivity contribution in [3.05, 3.63) is 64.3 Å². The van der Waals surface area contributed by atoms with Gasteiger partial charge in [-0.25, -0.2) is 9.97 Å². The number of thiophene rings is 1. The summed E-state index contributed by atoms with van der Waals surface area (Å²) in [6.45, 7) is 4.24.